The van der Waals surface area contributed by atoms with E-state index in [2.05, 4.69) is 4.72 Å². The topological polar surface area (TPSA) is 92.7 Å². The maximum Gasteiger partial charge on any atom is 0.303 e. The number of carboxylic acids is 1. The summed E-state index contributed by atoms with van der Waals surface area (Å²) >= 11 is 0. The van der Waals surface area contributed by atoms with Crippen LogP contribution in [0.2, 0.25) is 0 Å². The Morgan fingerprint density at radius 1 is 1.29 bits per heavy atom. The average Bonchev–Trinajstić information content (AvgIpc) is 2.36. The van der Waals surface area contributed by atoms with E-state index in [-0.39, 0.29) is 24.9 Å². The van der Waals surface area contributed by atoms with Gasteiger partial charge in [0.25, 0.3) is 0 Å². The second-order valence-electron chi connectivity index (χ2n) is 4.93. The normalized spacial score (nSPS) is 11.6. The quantitative estimate of drug-likeness (QED) is 0.725. The van der Waals surface area contributed by atoms with Crippen molar-refractivity contribution in [2.24, 2.45) is 0 Å². The largest absolute Gasteiger partial charge is 0.481 e. The minimum Gasteiger partial charge on any atom is -0.481 e. The van der Waals surface area contributed by atoms with Crippen molar-refractivity contribution in [2.45, 2.75) is 32.8 Å². The predicted octanol–water partition coefficient (Wildman–Crippen LogP) is 1.87. The second kappa shape index (κ2) is 7.99. The van der Waals surface area contributed by atoms with Crippen LogP contribution in [0.5, 0.6) is 0 Å². The molecule has 1 rings (SSSR count). The molecule has 0 aliphatic carbocycles. The van der Waals surface area contributed by atoms with E-state index in [0.717, 1.165) is 5.56 Å². The Kier molecular flexibility index (Phi) is 6.64. The van der Waals surface area contributed by atoms with Crippen molar-refractivity contribution in [2.75, 3.05) is 17.1 Å². The van der Waals surface area contributed by atoms with Crippen molar-refractivity contribution < 1.29 is 23.1 Å². The molecular weight excluding hydrogens is 294 g/mol. The fourth-order valence-corrected chi connectivity index (χ4v) is 2.53. The van der Waals surface area contributed by atoms with Crippen molar-refractivity contribution in [1.29, 1.82) is 0 Å². The Morgan fingerprint density at radius 3 is 2.43 bits per heavy atom. The summed E-state index contributed by atoms with van der Waals surface area (Å²) in [5, 5.41) is 8.60. The lowest BCUT2D eigenvalue weighted by atomic mass is 10.1. The van der Waals surface area contributed by atoms with Gasteiger partial charge in [0.2, 0.25) is 10.0 Å². The third-order valence-electron chi connectivity index (χ3n) is 2.66. The van der Waals surface area contributed by atoms with Gasteiger partial charge in [-0.2, -0.15) is 0 Å². The summed E-state index contributed by atoms with van der Waals surface area (Å²) in [5.74, 6) is -0.962. The van der Waals surface area contributed by atoms with Crippen LogP contribution in [0.3, 0.4) is 0 Å². The maximum atomic E-state index is 11.8. The monoisotopic (exact) mass is 315 g/mol. The van der Waals surface area contributed by atoms with Gasteiger partial charge in [0, 0.05) is 12.1 Å². The number of aliphatic carboxylic acids is 1. The summed E-state index contributed by atoms with van der Waals surface area (Å²) in [5.41, 5.74) is 1.31. The molecule has 0 unspecified atom stereocenters. The van der Waals surface area contributed by atoms with E-state index in [1.165, 1.54) is 0 Å². The number of nitrogens with one attached hydrogen (secondary N) is 1. The van der Waals surface area contributed by atoms with Gasteiger partial charge in [0.1, 0.15) is 0 Å². The van der Waals surface area contributed by atoms with Crippen LogP contribution in [-0.2, 0) is 26.0 Å². The van der Waals surface area contributed by atoms with Gasteiger partial charge < -0.3 is 9.84 Å². The second-order valence-corrected chi connectivity index (χ2v) is 6.77. The van der Waals surface area contributed by atoms with Gasteiger partial charge in [-0.25, -0.2) is 8.42 Å². The van der Waals surface area contributed by atoms with E-state index in [1.807, 2.05) is 13.8 Å². The van der Waals surface area contributed by atoms with E-state index in [4.69, 9.17) is 9.84 Å². The first kappa shape index (κ1) is 17.5. The first-order chi connectivity index (χ1) is 9.78. The fraction of sp³-hybridized carbons (Fsp3) is 0.500. The van der Waals surface area contributed by atoms with Gasteiger partial charge in [-0.15, -0.1) is 0 Å². The van der Waals surface area contributed by atoms with Crippen molar-refractivity contribution in [1.82, 2.24) is 0 Å². The Labute approximate surface area is 125 Å². The molecule has 0 atom stereocenters. The first-order valence-electron chi connectivity index (χ1n) is 6.71. The van der Waals surface area contributed by atoms with Crippen LogP contribution >= 0.6 is 0 Å². The molecule has 0 spiro atoms. The molecule has 118 valence electrons. The van der Waals surface area contributed by atoms with Crippen LogP contribution in [0.1, 0.15) is 25.8 Å². The number of rotatable bonds is 9. The lowest BCUT2D eigenvalue weighted by molar-refractivity contribution is -0.136. The molecule has 7 heteroatoms. The molecule has 0 bridgehead atoms. The van der Waals surface area contributed by atoms with Gasteiger partial charge in [-0.3, -0.25) is 9.52 Å². The number of anilines is 1. The molecule has 0 saturated carbocycles. The van der Waals surface area contributed by atoms with E-state index >= 15 is 0 Å². The highest BCUT2D eigenvalue weighted by Crippen LogP contribution is 2.13. The SMILES string of the molecule is CC(C)OCCS(=O)(=O)Nc1ccc(CCC(=O)O)cc1. The summed E-state index contributed by atoms with van der Waals surface area (Å²) in [6, 6.07) is 6.67. The number of sulfonamides is 1. The third-order valence-corrected chi connectivity index (χ3v) is 3.91. The van der Waals surface area contributed by atoms with Crippen LogP contribution in [0.4, 0.5) is 5.69 Å². The van der Waals surface area contributed by atoms with Crippen LogP contribution < -0.4 is 4.72 Å². The van der Waals surface area contributed by atoms with Crippen molar-refractivity contribution >= 4 is 21.7 Å². The fourth-order valence-electron chi connectivity index (χ4n) is 1.61. The van der Waals surface area contributed by atoms with Crippen molar-refractivity contribution in [3.8, 4) is 0 Å². The zero-order chi connectivity index (χ0) is 15.9. The molecule has 1 aromatic carbocycles. The van der Waals surface area contributed by atoms with Gasteiger partial charge >= 0.3 is 5.97 Å². The van der Waals surface area contributed by atoms with Crippen LogP contribution in [0, 0.1) is 0 Å². The number of carboxylic acid groups (broad SMARTS) is 1. The van der Waals surface area contributed by atoms with Gasteiger partial charge in [0.15, 0.2) is 0 Å². The van der Waals surface area contributed by atoms with E-state index in [9.17, 15) is 13.2 Å². The van der Waals surface area contributed by atoms with E-state index < -0.39 is 16.0 Å². The maximum absolute atomic E-state index is 11.8. The Hall–Kier alpha value is -1.60. The highest BCUT2D eigenvalue weighted by atomic mass is 32.2. The molecule has 0 heterocycles. The van der Waals surface area contributed by atoms with Crippen LogP contribution in [0.25, 0.3) is 0 Å². The molecule has 0 amide bonds. The summed E-state index contributed by atoms with van der Waals surface area (Å²) < 4.78 is 31.3. The zero-order valence-corrected chi connectivity index (χ0v) is 13.0. The molecule has 0 aliphatic rings. The molecule has 1 aromatic rings. The van der Waals surface area contributed by atoms with Crippen molar-refractivity contribution in [3.63, 3.8) is 0 Å². The number of benzene rings is 1. The lowest BCUT2D eigenvalue weighted by Crippen LogP contribution is -2.21. The zero-order valence-electron chi connectivity index (χ0n) is 12.2. The number of ether oxygens (including phenoxy) is 1. The molecule has 2 N–H and O–H groups in total. The summed E-state index contributed by atoms with van der Waals surface area (Å²) in [6.45, 7) is 3.83. The first-order valence-corrected chi connectivity index (χ1v) is 8.36. The number of carbonyl (C=O) groups is 1. The summed E-state index contributed by atoms with van der Waals surface area (Å²) in [6.07, 6.45) is 0.469. The minimum absolute atomic E-state index is 0.00582. The minimum atomic E-state index is -3.44. The Bertz CT molecular complexity index is 551. The molecule has 0 aromatic heterocycles. The molecule has 0 aliphatic heterocycles. The number of hydrogen-bond acceptors (Lipinski definition) is 4. The van der Waals surface area contributed by atoms with Crippen molar-refractivity contribution in [3.05, 3.63) is 29.8 Å². The van der Waals surface area contributed by atoms with Crippen LogP contribution in [0.15, 0.2) is 24.3 Å². The van der Waals surface area contributed by atoms with Gasteiger partial charge in [0.05, 0.1) is 18.5 Å². The Balaban J connectivity index is 2.52. The average molecular weight is 315 g/mol. The smallest absolute Gasteiger partial charge is 0.303 e. The van der Waals surface area contributed by atoms with E-state index in [1.54, 1.807) is 24.3 Å². The predicted molar refractivity (Wildman–Crippen MR) is 80.9 cm³/mol. The molecular formula is C14H21NO5S. The lowest BCUT2D eigenvalue weighted by Gasteiger charge is -2.10. The summed E-state index contributed by atoms with van der Waals surface area (Å²) in [4.78, 5) is 10.5. The van der Waals surface area contributed by atoms with E-state index in [0.29, 0.717) is 12.1 Å². The number of aryl methyl sites for hydroxylation is 1. The highest BCUT2D eigenvalue weighted by molar-refractivity contribution is 7.92. The highest BCUT2D eigenvalue weighted by Gasteiger charge is 2.11. The molecule has 6 nitrogen and oxygen atoms in total. The Morgan fingerprint density at radius 2 is 1.90 bits per heavy atom. The molecule has 0 radical (unpaired) electrons. The molecule has 21 heavy (non-hydrogen) atoms. The molecule has 0 saturated heterocycles. The summed E-state index contributed by atoms with van der Waals surface area (Å²) in [7, 11) is -3.44. The van der Waals surface area contributed by atoms with Gasteiger partial charge in [-0.05, 0) is 38.0 Å². The standard InChI is InChI=1S/C14H21NO5S/c1-11(2)20-9-10-21(18,19)15-13-6-3-12(4-7-13)5-8-14(16)17/h3-4,6-7,11,15H,5,8-10H2,1-2H3,(H,16,17). The number of hydrogen-bond donors (Lipinski definition) is 2. The third kappa shape index (κ3) is 7.67. The molecule has 0 fully saturated rings. The van der Waals surface area contributed by atoms with Crippen LogP contribution in [-0.4, -0.2) is 38.0 Å². The van der Waals surface area contributed by atoms with Gasteiger partial charge in [-0.1, -0.05) is 12.1 Å².